The van der Waals surface area contributed by atoms with Crippen LogP contribution in [0, 0.1) is 0 Å². The van der Waals surface area contributed by atoms with Gasteiger partial charge in [0.2, 0.25) is 0 Å². The maximum atomic E-state index is 4.30. The molecule has 0 atom stereocenters. The smallest absolute Gasteiger partial charge is 0.158 e. The Balaban J connectivity index is 1.79. The van der Waals surface area contributed by atoms with E-state index in [-0.39, 0.29) is 0 Å². The summed E-state index contributed by atoms with van der Waals surface area (Å²) in [6.45, 7) is 0. The predicted octanol–water partition coefficient (Wildman–Crippen LogP) is 3.11. The zero-order valence-corrected chi connectivity index (χ0v) is 11.8. The molecule has 98 valence electrons. The monoisotopic (exact) mass is 328 g/mol. The van der Waals surface area contributed by atoms with Crippen molar-refractivity contribution >= 4 is 43.9 Å². The van der Waals surface area contributed by atoms with Crippen LogP contribution in [-0.2, 0) is 0 Å². The van der Waals surface area contributed by atoms with Crippen molar-refractivity contribution in [1.82, 2.24) is 24.8 Å². The Morgan fingerprint density at radius 2 is 2.20 bits per heavy atom. The number of benzene rings is 1. The van der Waals surface area contributed by atoms with Crippen LogP contribution in [0.1, 0.15) is 0 Å². The van der Waals surface area contributed by atoms with E-state index in [1.54, 1.807) is 10.7 Å². The van der Waals surface area contributed by atoms with E-state index in [0.717, 1.165) is 32.4 Å². The van der Waals surface area contributed by atoms with Crippen LogP contribution in [0.3, 0.4) is 0 Å². The maximum Gasteiger partial charge on any atom is 0.158 e. The first-order valence-electron chi connectivity index (χ1n) is 5.99. The van der Waals surface area contributed by atoms with Gasteiger partial charge in [0, 0.05) is 21.7 Å². The second-order valence-corrected chi connectivity index (χ2v) is 5.31. The molecule has 0 bridgehead atoms. The lowest BCUT2D eigenvalue weighted by molar-refractivity contribution is 0.905. The van der Waals surface area contributed by atoms with Gasteiger partial charge in [-0.05, 0) is 40.2 Å². The van der Waals surface area contributed by atoms with Crippen LogP contribution in [0.15, 0.2) is 47.5 Å². The summed E-state index contributed by atoms with van der Waals surface area (Å²) in [5, 5.41) is 15.5. The summed E-state index contributed by atoms with van der Waals surface area (Å²) in [5.74, 6) is 0.758. The molecule has 3 heterocycles. The van der Waals surface area contributed by atoms with Crippen molar-refractivity contribution in [2.75, 3.05) is 5.32 Å². The van der Waals surface area contributed by atoms with Crippen molar-refractivity contribution in [2.45, 2.75) is 0 Å². The van der Waals surface area contributed by atoms with Crippen LogP contribution in [-0.4, -0.2) is 24.8 Å². The molecule has 4 rings (SSSR count). The van der Waals surface area contributed by atoms with Crippen LogP contribution < -0.4 is 5.32 Å². The molecule has 0 aliphatic heterocycles. The number of hydrogen-bond donors (Lipinski definition) is 2. The third-order valence-electron chi connectivity index (χ3n) is 3.08. The number of fused-ring (bicyclic) bond motifs is 2. The van der Waals surface area contributed by atoms with Gasteiger partial charge in [0.15, 0.2) is 5.82 Å². The molecule has 20 heavy (non-hydrogen) atoms. The van der Waals surface area contributed by atoms with Crippen LogP contribution >= 0.6 is 15.9 Å². The van der Waals surface area contributed by atoms with Gasteiger partial charge >= 0.3 is 0 Å². The van der Waals surface area contributed by atoms with E-state index in [2.05, 4.69) is 41.5 Å². The molecule has 0 unspecified atom stereocenters. The summed E-state index contributed by atoms with van der Waals surface area (Å²) in [7, 11) is 0. The fourth-order valence-corrected chi connectivity index (χ4v) is 2.56. The summed E-state index contributed by atoms with van der Waals surface area (Å²) in [6, 6.07) is 7.96. The molecule has 0 fully saturated rings. The van der Waals surface area contributed by atoms with E-state index < -0.39 is 0 Å². The number of aromatic amines is 1. The number of nitrogens with one attached hydrogen (secondary N) is 2. The summed E-state index contributed by atoms with van der Waals surface area (Å²) >= 11 is 3.44. The molecule has 4 aromatic rings. The number of hydrogen-bond acceptors (Lipinski definition) is 4. The highest BCUT2D eigenvalue weighted by Gasteiger charge is 2.06. The van der Waals surface area contributed by atoms with Crippen LogP contribution in [0.4, 0.5) is 11.5 Å². The molecule has 0 spiro atoms. The summed E-state index contributed by atoms with van der Waals surface area (Å²) in [4.78, 5) is 4.30. The minimum atomic E-state index is 0.758. The van der Waals surface area contributed by atoms with Gasteiger partial charge in [-0.25, -0.2) is 9.50 Å². The fourth-order valence-electron chi connectivity index (χ4n) is 2.15. The molecule has 0 saturated heterocycles. The molecule has 0 aliphatic carbocycles. The van der Waals surface area contributed by atoms with Gasteiger partial charge in [0.1, 0.15) is 11.8 Å². The zero-order valence-electron chi connectivity index (χ0n) is 10.2. The minimum absolute atomic E-state index is 0.758. The molecule has 2 N–H and O–H groups in total. The first-order valence-corrected chi connectivity index (χ1v) is 6.78. The molecule has 0 radical (unpaired) electrons. The van der Waals surface area contributed by atoms with Gasteiger partial charge < -0.3 is 5.32 Å². The van der Waals surface area contributed by atoms with Gasteiger partial charge in [-0.2, -0.15) is 10.2 Å². The van der Waals surface area contributed by atoms with E-state index in [0.29, 0.717) is 0 Å². The zero-order chi connectivity index (χ0) is 13.5. The Labute approximate surface area is 122 Å². The molecular weight excluding hydrogens is 320 g/mol. The number of rotatable bonds is 2. The van der Waals surface area contributed by atoms with Crippen molar-refractivity contribution in [3.8, 4) is 0 Å². The van der Waals surface area contributed by atoms with E-state index >= 15 is 0 Å². The topological polar surface area (TPSA) is 70.9 Å². The number of aromatic nitrogens is 5. The summed E-state index contributed by atoms with van der Waals surface area (Å²) in [6.07, 6.45) is 5.21. The third-order valence-corrected chi connectivity index (χ3v) is 3.51. The SMILES string of the molecule is Brc1cc2c(Nc3ccc4[nH]ncc4c3)ncnn2c1. The van der Waals surface area contributed by atoms with E-state index in [1.807, 2.05) is 30.5 Å². The maximum absolute atomic E-state index is 4.30. The Bertz CT molecular complexity index is 909. The van der Waals surface area contributed by atoms with Crippen LogP contribution in [0.5, 0.6) is 0 Å². The lowest BCUT2D eigenvalue weighted by atomic mass is 10.2. The average Bonchev–Trinajstić information content (AvgIpc) is 3.04. The van der Waals surface area contributed by atoms with Crippen molar-refractivity contribution < 1.29 is 0 Å². The first-order chi connectivity index (χ1) is 9.79. The largest absolute Gasteiger partial charge is 0.338 e. The third kappa shape index (κ3) is 1.83. The highest BCUT2D eigenvalue weighted by molar-refractivity contribution is 9.10. The Morgan fingerprint density at radius 3 is 3.15 bits per heavy atom. The molecule has 0 aliphatic rings. The van der Waals surface area contributed by atoms with Crippen LogP contribution in [0.2, 0.25) is 0 Å². The normalized spacial score (nSPS) is 11.2. The van der Waals surface area contributed by atoms with Gasteiger partial charge in [0.25, 0.3) is 0 Å². The highest BCUT2D eigenvalue weighted by atomic mass is 79.9. The number of H-pyrrole nitrogens is 1. The Kier molecular flexibility index (Phi) is 2.46. The molecular formula is C13H9BrN6. The molecule has 0 amide bonds. The first kappa shape index (κ1) is 11.4. The standard InChI is InChI=1S/C13H9BrN6/c14-9-4-12-13(15-7-17-20(12)6-9)18-10-1-2-11-8(3-10)5-16-19-11/h1-7H,(H,16,19)(H,15,17,18). The van der Waals surface area contributed by atoms with Gasteiger partial charge in [0.05, 0.1) is 11.7 Å². The Hall–Kier alpha value is -2.41. The lowest BCUT2D eigenvalue weighted by Gasteiger charge is -2.06. The van der Waals surface area contributed by atoms with Crippen molar-refractivity contribution in [3.05, 3.63) is 47.5 Å². The second kappa shape index (κ2) is 4.31. The lowest BCUT2D eigenvalue weighted by Crippen LogP contribution is -1.99. The highest BCUT2D eigenvalue weighted by Crippen LogP contribution is 2.24. The molecule has 6 nitrogen and oxygen atoms in total. The van der Waals surface area contributed by atoms with Gasteiger partial charge in [-0.15, -0.1) is 0 Å². The summed E-state index contributed by atoms with van der Waals surface area (Å²) < 4.78 is 2.74. The molecule has 1 aromatic carbocycles. The molecule has 0 saturated carbocycles. The quantitative estimate of drug-likeness (QED) is 0.593. The number of nitrogens with zero attached hydrogens (tertiary/aromatic N) is 4. The predicted molar refractivity (Wildman–Crippen MR) is 80.1 cm³/mol. The second-order valence-electron chi connectivity index (χ2n) is 4.39. The summed E-state index contributed by atoms with van der Waals surface area (Å²) in [5.41, 5.74) is 2.87. The van der Waals surface area contributed by atoms with Crippen molar-refractivity contribution in [3.63, 3.8) is 0 Å². The molecule has 7 heteroatoms. The van der Waals surface area contributed by atoms with Crippen molar-refractivity contribution in [2.24, 2.45) is 0 Å². The number of anilines is 2. The molecule has 3 aromatic heterocycles. The van der Waals surface area contributed by atoms with E-state index in [1.165, 1.54) is 6.33 Å². The van der Waals surface area contributed by atoms with Crippen LogP contribution in [0.25, 0.3) is 16.4 Å². The average molecular weight is 329 g/mol. The minimum Gasteiger partial charge on any atom is -0.338 e. The van der Waals surface area contributed by atoms with Gasteiger partial charge in [-0.3, -0.25) is 5.10 Å². The Morgan fingerprint density at radius 1 is 1.25 bits per heavy atom. The van der Waals surface area contributed by atoms with E-state index in [9.17, 15) is 0 Å². The van der Waals surface area contributed by atoms with Crippen molar-refractivity contribution in [1.29, 1.82) is 0 Å². The number of halogens is 1. The fraction of sp³-hybridized carbons (Fsp3) is 0. The van der Waals surface area contributed by atoms with Gasteiger partial charge in [-0.1, -0.05) is 0 Å². The van der Waals surface area contributed by atoms with E-state index in [4.69, 9.17) is 0 Å².